The third-order valence-corrected chi connectivity index (χ3v) is 13.8. The number of aromatic amines is 1. The summed E-state index contributed by atoms with van der Waals surface area (Å²) in [5.74, 6) is 0.864. The summed E-state index contributed by atoms with van der Waals surface area (Å²) < 4.78 is 16.9. The number of fused-ring (bicyclic) bond motifs is 11. The molecule has 0 amide bonds. The van der Waals surface area contributed by atoms with Gasteiger partial charge in [0.05, 0.1) is 0 Å². The smallest absolute Gasteiger partial charge is 0.143 e. The molecular weight excluding hydrogens is 735 g/mol. The molecule has 0 unspecified atom stereocenters. The number of hydrogen-bond donors (Lipinski definition) is 1. The van der Waals surface area contributed by atoms with Crippen molar-refractivity contribution < 1.29 is 8.83 Å². The molecule has 13 rings (SSSR count). The summed E-state index contributed by atoms with van der Waals surface area (Å²) >= 11 is 3.61. The van der Waals surface area contributed by atoms with E-state index in [0.717, 1.165) is 93.2 Å². The molecule has 1 N–H and O–H groups in total. The van der Waals surface area contributed by atoms with Crippen LogP contribution < -0.4 is 0 Å². The molecule has 5 heteroatoms. The van der Waals surface area contributed by atoms with Crippen molar-refractivity contribution in [3.8, 4) is 44.0 Å². The zero-order valence-electron chi connectivity index (χ0n) is 30.2. The zero-order chi connectivity index (χ0) is 37.2. The van der Waals surface area contributed by atoms with Crippen molar-refractivity contribution in [2.24, 2.45) is 0 Å². The van der Waals surface area contributed by atoms with Crippen LogP contribution >= 0.6 is 22.7 Å². The lowest BCUT2D eigenvalue weighted by atomic mass is 9.85. The number of rotatable bonds is 4. The van der Waals surface area contributed by atoms with Crippen molar-refractivity contribution >= 4 is 108 Å². The Labute approximate surface area is 333 Å². The summed E-state index contributed by atoms with van der Waals surface area (Å²) in [6, 6.07) is 62.5. The van der Waals surface area contributed by atoms with Gasteiger partial charge in [-0.05, 0) is 65.0 Å². The molecule has 0 aliphatic carbocycles. The number of nitrogens with one attached hydrogen (secondary N) is 1. The molecule has 0 saturated carbocycles. The Morgan fingerprint density at radius 3 is 2.12 bits per heavy atom. The lowest BCUT2D eigenvalue weighted by Crippen LogP contribution is -1.92. The van der Waals surface area contributed by atoms with Gasteiger partial charge in [0, 0.05) is 96.0 Å². The van der Waals surface area contributed by atoms with Gasteiger partial charge < -0.3 is 13.8 Å². The van der Waals surface area contributed by atoms with Crippen molar-refractivity contribution in [2.75, 3.05) is 0 Å². The van der Waals surface area contributed by atoms with Gasteiger partial charge in [0.25, 0.3) is 0 Å². The van der Waals surface area contributed by atoms with Gasteiger partial charge >= 0.3 is 0 Å². The first-order valence-electron chi connectivity index (χ1n) is 19.1. The van der Waals surface area contributed by atoms with Crippen LogP contribution in [0.5, 0.6) is 0 Å². The predicted molar refractivity (Wildman–Crippen MR) is 242 cm³/mol. The number of hydrogen-bond acceptors (Lipinski definition) is 4. The van der Waals surface area contributed by atoms with Crippen LogP contribution in [-0.4, -0.2) is 4.98 Å². The SMILES string of the molecule is [c]1c(-c2cc3ccccc3s2)c(-c2ccc3c(c2)[nH]c2ccccc23)c(-c2cccc3c2oc2ccccc23)c2c1sc1c(-c3cc4ccccc4o3)cccc12. The highest BCUT2D eigenvalue weighted by Crippen LogP contribution is 2.54. The van der Waals surface area contributed by atoms with E-state index >= 15 is 0 Å². The van der Waals surface area contributed by atoms with Gasteiger partial charge in [-0.3, -0.25) is 0 Å². The van der Waals surface area contributed by atoms with E-state index in [2.05, 4.69) is 157 Å². The van der Waals surface area contributed by atoms with Crippen molar-refractivity contribution in [2.45, 2.75) is 0 Å². The van der Waals surface area contributed by atoms with E-state index in [0.29, 0.717) is 0 Å². The molecule has 5 aromatic heterocycles. The van der Waals surface area contributed by atoms with Gasteiger partial charge in [-0.2, -0.15) is 0 Å². The summed E-state index contributed by atoms with van der Waals surface area (Å²) in [6.07, 6.45) is 0. The van der Waals surface area contributed by atoms with E-state index in [9.17, 15) is 0 Å². The first-order valence-corrected chi connectivity index (χ1v) is 20.7. The summed E-state index contributed by atoms with van der Waals surface area (Å²) in [5.41, 5.74) is 11.5. The van der Waals surface area contributed by atoms with E-state index in [1.165, 1.54) is 35.8 Å². The Morgan fingerprint density at radius 1 is 0.491 bits per heavy atom. The van der Waals surface area contributed by atoms with Crippen LogP contribution in [0.3, 0.4) is 0 Å². The van der Waals surface area contributed by atoms with Gasteiger partial charge in [-0.1, -0.05) is 115 Å². The lowest BCUT2D eigenvalue weighted by Gasteiger charge is -2.18. The first kappa shape index (κ1) is 31.3. The molecule has 0 fully saturated rings. The minimum absolute atomic E-state index is 0.864. The maximum Gasteiger partial charge on any atom is 0.143 e. The Kier molecular flexibility index (Phi) is 6.48. The van der Waals surface area contributed by atoms with Gasteiger partial charge in [0.15, 0.2) is 0 Å². The van der Waals surface area contributed by atoms with Crippen LogP contribution in [-0.2, 0) is 0 Å². The lowest BCUT2D eigenvalue weighted by molar-refractivity contribution is 0.632. The van der Waals surface area contributed by atoms with E-state index in [-0.39, 0.29) is 0 Å². The minimum Gasteiger partial charge on any atom is -0.456 e. The Hall–Kier alpha value is -6.92. The minimum atomic E-state index is 0.864. The molecule has 0 saturated heterocycles. The van der Waals surface area contributed by atoms with Gasteiger partial charge in [-0.25, -0.2) is 0 Å². The maximum absolute atomic E-state index is 6.87. The van der Waals surface area contributed by atoms with Crippen molar-refractivity contribution in [3.63, 3.8) is 0 Å². The number of benzene rings is 8. The van der Waals surface area contributed by atoms with Gasteiger partial charge in [-0.15, -0.1) is 22.7 Å². The summed E-state index contributed by atoms with van der Waals surface area (Å²) in [7, 11) is 0. The number of para-hydroxylation sites is 4. The van der Waals surface area contributed by atoms with Crippen LogP contribution in [0.2, 0.25) is 0 Å². The third kappa shape index (κ3) is 4.58. The molecule has 13 aromatic rings. The molecule has 265 valence electrons. The second-order valence-corrected chi connectivity index (χ2v) is 16.9. The molecule has 0 spiro atoms. The largest absolute Gasteiger partial charge is 0.456 e. The van der Waals surface area contributed by atoms with Crippen LogP contribution in [0.25, 0.3) is 129 Å². The van der Waals surface area contributed by atoms with Crippen LogP contribution in [0.4, 0.5) is 0 Å². The summed E-state index contributed by atoms with van der Waals surface area (Å²) in [5, 5.41) is 9.30. The number of thiophene rings is 2. The van der Waals surface area contributed by atoms with Crippen molar-refractivity contribution in [1.82, 2.24) is 4.98 Å². The molecule has 5 heterocycles. The van der Waals surface area contributed by atoms with Crippen LogP contribution in [0.15, 0.2) is 173 Å². The fraction of sp³-hybridized carbons (Fsp3) is 0. The van der Waals surface area contributed by atoms with Crippen molar-refractivity contribution in [3.05, 3.63) is 170 Å². The number of aromatic nitrogens is 1. The van der Waals surface area contributed by atoms with Crippen LogP contribution in [0.1, 0.15) is 0 Å². The highest BCUT2D eigenvalue weighted by atomic mass is 32.1. The monoisotopic (exact) mass is 762 g/mol. The molecule has 0 atom stereocenters. The molecule has 0 aliphatic heterocycles. The summed E-state index contributed by atoms with van der Waals surface area (Å²) in [4.78, 5) is 4.92. The van der Waals surface area contributed by atoms with Crippen LogP contribution in [0, 0.1) is 6.07 Å². The highest BCUT2D eigenvalue weighted by molar-refractivity contribution is 7.26. The average Bonchev–Trinajstić information content (AvgIpc) is 4.09. The average molecular weight is 763 g/mol. The first-order chi connectivity index (χ1) is 28.2. The Balaban J connectivity index is 1.21. The predicted octanol–water partition coefficient (Wildman–Crippen LogP) is 16.0. The molecule has 57 heavy (non-hydrogen) atoms. The normalized spacial score (nSPS) is 12.2. The Bertz CT molecular complexity index is 3710. The topological polar surface area (TPSA) is 42.1 Å². The maximum atomic E-state index is 6.87. The van der Waals surface area contributed by atoms with Gasteiger partial charge in [0.2, 0.25) is 0 Å². The quantitative estimate of drug-likeness (QED) is 0.194. The fourth-order valence-corrected chi connectivity index (χ4v) is 11.3. The zero-order valence-corrected chi connectivity index (χ0v) is 31.9. The van der Waals surface area contributed by atoms with E-state index in [1.807, 2.05) is 29.5 Å². The van der Waals surface area contributed by atoms with Gasteiger partial charge in [0.1, 0.15) is 22.5 Å². The van der Waals surface area contributed by atoms with E-state index in [1.54, 1.807) is 11.3 Å². The molecule has 1 radical (unpaired) electrons. The van der Waals surface area contributed by atoms with E-state index < -0.39 is 0 Å². The molecule has 3 nitrogen and oxygen atoms in total. The Morgan fingerprint density at radius 2 is 1.23 bits per heavy atom. The molecule has 0 bridgehead atoms. The highest BCUT2D eigenvalue weighted by Gasteiger charge is 2.27. The molecule has 8 aromatic carbocycles. The van der Waals surface area contributed by atoms with Crippen molar-refractivity contribution in [1.29, 1.82) is 0 Å². The summed E-state index contributed by atoms with van der Waals surface area (Å²) in [6.45, 7) is 0. The second kappa shape index (κ2) is 11.8. The molecular formula is C52H28NO2S2. The number of H-pyrrole nitrogens is 1. The second-order valence-electron chi connectivity index (χ2n) is 14.7. The fourth-order valence-electron chi connectivity index (χ4n) is 8.99. The molecule has 0 aliphatic rings. The standard InChI is InChI=1S/C52H28NO2S2/c1-6-20-42-29(11-1)26-44(54-42)36-16-10-18-38-49-47(57-52(36)38)28-39(46-27-30-12-2-8-22-45(30)56-46)48(31-23-24-33-32-13-3-5-19-40(32)53-41(33)25-31)50(49)37-17-9-15-35-34-14-4-7-21-43(34)55-51(35)37/h1-27,53H. The third-order valence-electron chi connectivity index (χ3n) is 11.5. The number of furan rings is 2. The van der Waals surface area contributed by atoms with E-state index in [4.69, 9.17) is 8.83 Å².